The molecule has 4 aliphatic rings. The highest BCUT2D eigenvalue weighted by molar-refractivity contribution is 5.18. The van der Waals surface area contributed by atoms with Gasteiger partial charge in [0.25, 0.3) is 0 Å². The fraction of sp³-hybridized carbons (Fsp3) is 1.00. The van der Waals surface area contributed by atoms with Gasteiger partial charge in [0.15, 0.2) is 0 Å². The van der Waals surface area contributed by atoms with Crippen molar-refractivity contribution < 1.29 is 10.2 Å². The quantitative estimate of drug-likeness (QED) is 0.311. The summed E-state index contributed by atoms with van der Waals surface area (Å²) >= 11 is 0. The molecule has 0 amide bonds. The van der Waals surface area contributed by atoms with Crippen LogP contribution in [0.5, 0.6) is 0 Å². The standard InChI is InChI=1S/C31H58N2O2/c1-20(2)21(3)8-9-22(4)25-10-11-26-24-18-28(33-17-7-16-32)31(35)19-23(34)12-15-30(31,6)27(24)13-14-29(25,26)5/h20-28,33-35H,7-19,32H2,1-6H3/t21-,22-,23?,24+,25-,26+,27+,28?,29-,30-,31?/m1/s1. The Hall–Kier alpha value is -0.160. The molecule has 0 aromatic rings. The Balaban J connectivity index is 1.55. The van der Waals surface area contributed by atoms with Crippen LogP contribution in [0.15, 0.2) is 0 Å². The minimum Gasteiger partial charge on any atom is -0.393 e. The first kappa shape index (κ1) is 27.9. The van der Waals surface area contributed by atoms with Crippen molar-refractivity contribution in [3.8, 4) is 0 Å². The number of nitrogens with two attached hydrogens (primary N) is 1. The number of aliphatic hydroxyl groups excluding tert-OH is 1. The van der Waals surface area contributed by atoms with Gasteiger partial charge in [-0.2, -0.15) is 0 Å². The highest BCUT2D eigenvalue weighted by atomic mass is 16.3. The number of aliphatic hydroxyl groups is 2. The van der Waals surface area contributed by atoms with E-state index in [1.54, 1.807) is 0 Å². The first-order valence-electron chi connectivity index (χ1n) is 15.3. The first-order chi connectivity index (χ1) is 16.5. The molecular formula is C31H58N2O2. The van der Waals surface area contributed by atoms with Gasteiger partial charge in [-0.05, 0) is 111 Å². The third-order valence-corrected chi connectivity index (χ3v) is 12.6. The number of hydrogen-bond acceptors (Lipinski definition) is 4. The van der Waals surface area contributed by atoms with Crippen LogP contribution in [0.2, 0.25) is 0 Å². The lowest BCUT2D eigenvalue weighted by molar-refractivity contribution is -0.234. The van der Waals surface area contributed by atoms with E-state index in [1.807, 2.05) is 0 Å². The summed E-state index contributed by atoms with van der Waals surface area (Å²) in [7, 11) is 0. The third kappa shape index (κ3) is 4.77. The molecule has 4 rings (SSSR count). The van der Waals surface area contributed by atoms with Gasteiger partial charge in [0.1, 0.15) is 0 Å². The molecule has 0 saturated heterocycles. The van der Waals surface area contributed by atoms with Crippen molar-refractivity contribution in [1.82, 2.24) is 5.32 Å². The monoisotopic (exact) mass is 490 g/mol. The summed E-state index contributed by atoms with van der Waals surface area (Å²) in [6.45, 7) is 16.3. The number of rotatable bonds is 9. The maximum absolute atomic E-state index is 12.3. The van der Waals surface area contributed by atoms with Crippen molar-refractivity contribution in [2.45, 2.75) is 130 Å². The summed E-state index contributed by atoms with van der Waals surface area (Å²) in [5.41, 5.74) is 5.34. The maximum Gasteiger partial charge on any atom is 0.0880 e. The number of fused-ring (bicyclic) bond motifs is 5. The Morgan fingerprint density at radius 3 is 2.40 bits per heavy atom. The van der Waals surface area contributed by atoms with Crippen LogP contribution in [0.1, 0.15) is 112 Å². The predicted molar refractivity (Wildman–Crippen MR) is 146 cm³/mol. The van der Waals surface area contributed by atoms with Crippen LogP contribution < -0.4 is 11.1 Å². The third-order valence-electron chi connectivity index (χ3n) is 12.6. The van der Waals surface area contributed by atoms with Crippen LogP contribution in [0, 0.1) is 52.3 Å². The minimum absolute atomic E-state index is 0.0703. The van der Waals surface area contributed by atoms with E-state index in [-0.39, 0.29) is 17.6 Å². The molecule has 4 saturated carbocycles. The van der Waals surface area contributed by atoms with Crippen molar-refractivity contribution in [2.24, 2.45) is 58.0 Å². The van der Waals surface area contributed by atoms with E-state index in [1.165, 1.54) is 38.5 Å². The molecule has 204 valence electrons. The minimum atomic E-state index is -0.813. The first-order valence-corrected chi connectivity index (χ1v) is 15.3. The van der Waals surface area contributed by atoms with E-state index in [0.717, 1.165) is 61.8 Å². The lowest BCUT2D eigenvalue weighted by Crippen LogP contribution is -2.71. The molecule has 5 N–H and O–H groups in total. The van der Waals surface area contributed by atoms with E-state index in [2.05, 4.69) is 46.9 Å². The maximum atomic E-state index is 12.3. The van der Waals surface area contributed by atoms with Crippen molar-refractivity contribution in [2.75, 3.05) is 13.1 Å². The zero-order valence-electron chi connectivity index (χ0n) is 23.9. The summed E-state index contributed by atoms with van der Waals surface area (Å²) in [5, 5.41) is 26.7. The fourth-order valence-corrected chi connectivity index (χ4v) is 9.96. The Kier molecular flexibility index (Phi) is 8.39. The molecule has 0 aromatic heterocycles. The zero-order chi connectivity index (χ0) is 25.6. The van der Waals surface area contributed by atoms with Crippen LogP contribution in [-0.4, -0.2) is 41.0 Å². The second kappa shape index (κ2) is 10.5. The fourth-order valence-electron chi connectivity index (χ4n) is 9.96. The van der Waals surface area contributed by atoms with Crippen molar-refractivity contribution >= 4 is 0 Å². The van der Waals surface area contributed by atoms with E-state index in [9.17, 15) is 10.2 Å². The van der Waals surface area contributed by atoms with Crippen LogP contribution >= 0.6 is 0 Å². The van der Waals surface area contributed by atoms with Gasteiger partial charge < -0.3 is 21.3 Å². The summed E-state index contributed by atoms with van der Waals surface area (Å²) in [4.78, 5) is 0. The van der Waals surface area contributed by atoms with Gasteiger partial charge in [0.2, 0.25) is 0 Å². The molecule has 4 fully saturated rings. The molecule has 0 spiro atoms. The van der Waals surface area contributed by atoms with Gasteiger partial charge in [-0.3, -0.25) is 0 Å². The zero-order valence-corrected chi connectivity index (χ0v) is 23.9. The van der Waals surface area contributed by atoms with Gasteiger partial charge in [-0.25, -0.2) is 0 Å². The Morgan fingerprint density at radius 1 is 0.971 bits per heavy atom. The van der Waals surface area contributed by atoms with Crippen molar-refractivity contribution in [3.05, 3.63) is 0 Å². The van der Waals surface area contributed by atoms with E-state index in [0.29, 0.717) is 30.2 Å². The van der Waals surface area contributed by atoms with E-state index >= 15 is 0 Å². The Labute approximate surface area is 216 Å². The van der Waals surface area contributed by atoms with Gasteiger partial charge in [0, 0.05) is 17.9 Å². The summed E-state index contributed by atoms with van der Waals surface area (Å²) < 4.78 is 0. The van der Waals surface area contributed by atoms with Crippen molar-refractivity contribution in [1.29, 1.82) is 0 Å². The average molecular weight is 491 g/mol. The molecule has 0 radical (unpaired) electrons. The lowest BCUT2D eigenvalue weighted by atomic mass is 9.42. The number of hydrogen-bond donors (Lipinski definition) is 4. The molecule has 0 aliphatic heterocycles. The smallest absolute Gasteiger partial charge is 0.0880 e. The molecule has 0 heterocycles. The Bertz CT molecular complexity index is 714. The van der Waals surface area contributed by atoms with Crippen molar-refractivity contribution in [3.63, 3.8) is 0 Å². The molecule has 4 nitrogen and oxygen atoms in total. The molecule has 3 unspecified atom stereocenters. The molecular weight excluding hydrogens is 432 g/mol. The van der Waals surface area contributed by atoms with Crippen LogP contribution in [0.4, 0.5) is 0 Å². The lowest BCUT2D eigenvalue weighted by Gasteiger charge is -2.66. The predicted octanol–water partition coefficient (Wildman–Crippen LogP) is 5.75. The number of nitrogens with one attached hydrogen (secondary N) is 1. The molecule has 4 heteroatoms. The SMILES string of the molecule is CC(C)[C@H](C)CC[C@@H](C)[C@H]1CC[C@H]2[C@@H]3CC(NCCCN)C4(O)CC(O)CC[C@]4(C)[C@H]3CC[C@]12C. The molecule has 11 atom stereocenters. The van der Waals surface area contributed by atoms with Crippen LogP contribution in [0.25, 0.3) is 0 Å². The van der Waals surface area contributed by atoms with Crippen LogP contribution in [-0.2, 0) is 0 Å². The molecule has 0 aromatic carbocycles. The molecule has 4 aliphatic carbocycles. The highest BCUT2D eigenvalue weighted by Gasteiger charge is 2.67. The average Bonchev–Trinajstić information content (AvgIpc) is 3.16. The largest absolute Gasteiger partial charge is 0.393 e. The normalized spacial score (nSPS) is 47.1. The second-order valence-electron chi connectivity index (χ2n) is 14.5. The summed E-state index contributed by atoms with van der Waals surface area (Å²) in [6, 6.07) is 0.0703. The second-order valence-corrected chi connectivity index (χ2v) is 14.5. The summed E-state index contributed by atoms with van der Waals surface area (Å²) in [5.74, 6) is 5.31. The Morgan fingerprint density at radius 2 is 1.71 bits per heavy atom. The van der Waals surface area contributed by atoms with Gasteiger partial charge >= 0.3 is 0 Å². The topological polar surface area (TPSA) is 78.5 Å². The summed E-state index contributed by atoms with van der Waals surface area (Å²) in [6.07, 6.45) is 12.1. The van der Waals surface area contributed by atoms with Gasteiger partial charge in [-0.1, -0.05) is 54.4 Å². The van der Waals surface area contributed by atoms with Crippen LogP contribution in [0.3, 0.4) is 0 Å². The van der Waals surface area contributed by atoms with Gasteiger partial charge in [-0.15, -0.1) is 0 Å². The van der Waals surface area contributed by atoms with E-state index < -0.39 is 5.60 Å². The highest BCUT2D eigenvalue weighted by Crippen LogP contribution is 2.69. The molecule has 35 heavy (non-hydrogen) atoms. The van der Waals surface area contributed by atoms with E-state index in [4.69, 9.17) is 5.73 Å². The van der Waals surface area contributed by atoms with Gasteiger partial charge in [0.05, 0.1) is 11.7 Å². The molecule has 0 bridgehead atoms.